The second kappa shape index (κ2) is 6.44. The highest BCUT2D eigenvalue weighted by Gasteiger charge is 2.29. The van der Waals surface area contributed by atoms with E-state index in [2.05, 4.69) is 0 Å². The van der Waals surface area contributed by atoms with Gasteiger partial charge >= 0.3 is 0 Å². The first kappa shape index (κ1) is 15.0. The maximum atomic E-state index is 12.6. The molecule has 2 aromatic rings. The van der Waals surface area contributed by atoms with Crippen LogP contribution in [0.4, 0.5) is 0 Å². The summed E-state index contributed by atoms with van der Waals surface area (Å²) in [5, 5.41) is 1.91. The predicted molar refractivity (Wildman–Crippen MR) is 88.5 cm³/mol. The van der Waals surface area contributed by atoms with Crippen molar-refractivity contribution in [3.63, 3.8) is 0 Å². The van der Waals surface area contributed by atoms with E-state index in [1.165, 1.54) is 11.3 Å². The number of ketones is 1. The molecule has 22 heavy (non-hydrogen) atoms. The van der Waals surface area contributed by atoms with Crippen molar-refractivity contribution in [2.45, 2.75) is 19.8 Å². The third-order valence-electron chi connectivity index (χ3n) is 4.15. The summed E-state index contributed by atoms with van der Waals surface area (Å²) in [6.07, 6.45) is 1.75. The van der Waals surface area contributed by atoms with E-state index in [9.17, 15) is 9.59 Å². The monoisotopic (exact) mass is 313 g/mol. The first-order chi connectivity index (χ1) is 10.6. The zero-order valence-corrected chi connectivity index (χ0v) is 13.4. The minimum Gasteiger partial charge on any atom is -0.337 e. The molecule has 0 aliphatic carbocycles. The summed E-state index contributed by atoms with van der Waals surface area (Å²) in [4.78, 5) is 27.6. The van der Waals surface area contributed by atoms with Gasteiger partial charge in [-0.1, -0.05) is 35.9 Å². The number of nitrogens with zero attached hydrogens (tertiary/aromatic N) is 1. The van der Waals surface area contributed by atoms with Crippen molar-refractivity contribution < 1.29 is 9.59 Å². The SMILES string of the molecule is Cc1ccc(C(=O)C2CCCN(C(=O)c3cccs3)C2)cc1. The Bertz CT molecular complexity index is 661. The third kappa shape index (κ3) is 3.12. The Balaban J connectivity index is 1.71. The van der Waals surface area contributed by atoms with Crippen LogP contribution in [-0.2, 0) is 0 Å². The van der Waals surface area contributed by atoms with Gasteiger partial charge in [0.25, 0.3) is 5.91 Å². The van der Waals surface area contributed by atoms with Gasteiger partial charge < -0.3 is 4.90 Å². The maximum Gasteiger partial charge on any atom is 0.263 e. The number of hydrogen-bond donors (Lipinski definition) is 0. The quantitative estimate of drug-likeness (QED) is 0.808. The summed E-state index contributed by atoms with van der Waals surface area (Å²) < 4.78 is 0. The number of hydrogen-bond acceptors (Lipinski definition) is 3. The molecule has 1 aromatic carbocycles. The van der Waals surface area contributed by atoms with Crippen LogP contribution in [0.2, 0.25) is 0 Å². The molecular weight excluding hydrogens is 294 g/mol. The van der Waals surface area contributed by atoms with E-state index in [0.29, 0.717) is 6.54 Å². The Morgan fingerprint density at radius 2 is 1.95 bits per heavy atom. The average Bonchev–Trinajstić information content (AvgIpc) is 3.09. The van der Waals surface area contributed by atoms with Gasteiger partial charge in [0.2, 0.25) is 0 Å². The van der Waals surface area contributed by atoms with E-state index in [-0.39, 0.29) is 17.6 Å². The number of piperidine rings is 1. The first-order valence-electron chi connectivity index (χ1n) is 7.59. The summed E-state index contributed by atoms with van der Waals surface area (Å²) >= 11 is 1.46. The predicted octanol–water partition coefficient (Wildman–Crippen LogP) is 3.79. The largest absolute Gasteiger partial charge is 0.337 e. The van der Waals surface area contributed by atoms with Gasteiger partial charge in [0.15, 0.2) is 5.78 Å². The van der Waals surface area contributed by atoms with Crippen LogP contribution in [0, 0.1) is 12.8 Å². The second-order valence-electron chi connectivity index (χ2n) is 5.80. The average molecular weight is 313 g/mol. The van der Waals surface area contributed by atoms with E-state index in [1.54, 1.807) is 0 Å². The number of carbonyl (C=O) groups excluding carboxylic acids is 2. The van der Waals surface area contributed by atoms with Gasteiger partial charge in [-0.2, -0.15) is 0 Å². The fraction of sp³-hybridized carbons (Fsp3) is 0.333. The summed E-state index contributed by atoms with van der Waals surface area (Å²) in [5.41, 5.74) is 1.90. The number of thiophene rings is 1. The lowest BCUT2D eigenvalue weighted by Crippen LogP contribution is -2.42. The smallest absolute Gasteiger partial charge is 0.263 e. The van der Waals surface area contributed by atoms with Crippen LogP contribution in [0.15, 0.2) is 41.8 Å². The van der Waals surface area contributed by atoms with Gasteiger partial charge in [-0.3, -0.25) is 9.59 Å². The molecular formula is C18H19NO2S. The lowest BCUT2D eigenvalue weighted by Gasteiger charge is -2.31. The molecule has 1 fully saturated rings. The molecule has 0 bridgehead atoms. The van der Waals surface area contributed by atoms with Gasteiger partial charge in [0.1, 0.15) is 0 Å². The number of Topliss-reactive ketones (excluding diaryl/α,β-unsaturated/α-hetero) is 1. The van der Waals surface area contributed by atoms with E-state index < -0.39 is 0 Å². The summed E-state index contributed by atoms with van der Waals surface area (Å²) in [7, 11) is 0. The zero-order chi connectivity index (χ0) is 15.5. The fourth-order valence-corrected chi connectivity index (χ4v) is 3.58. The number of benzene rings is 1. The Kier molecular flexibility index (Phi) is 4.39. The molecule has 114 valence electrons. The number of amides is 1. The van der Waals surface area contributed by atoms with E-state index >= 15 is 0 Å². The van der Waals surface area contributed by atoms with Crippen LogP contribution in [0.3, 0.4) is 0 Å². The van der Waals surface area contributed by atoms with Crippen molar-refractivity contribution in [2.75, 3.05) is 13.1 Å². The maximum absolute atomic E-state index is 12.6. The summed E-state index contributed by atoms with van der Waals surface area (Å²) in [6, 6.07) is 11.4. The minimum absolute atomic E-state index is 0.0522. The van der Waals surface area contributed by atoms with E-state index in [4.69, 9.17) is 0 Å². The molecule has 0 saturated carbocycles. The number of carbonyl (C=O) groups is 2. The highest BCUT2D eigenvalue weighted by Crippen LogP contribution is 2.23. The van der Waals surface area contributed by atoms with Crippen LogP contribution in [0.5, 0.6) is 0 Å². The van der Waals surface area contributed by atoms with Crippen molar-refractivity contribution in [2.24, 2.45) is 5.92 Å². The van der Waals surface area contributed by atoms with Crippen molar-refractivity contribution in [3.05, 3.63) is 57.8 Å². The molecule has 3 nitrogen and oxygen atoms in total. The summed E-state index contributed by atoms with van der Waals surface area (Å²) in [5.74, 6) is 0.125. The molecule has 1 aromatic heterocycles. The number of aryl methyl sites for hydroxylation is 1. The van der Waals surface area contributed by atoms with Crippen LogP contribution >= 0.6 is 11.3 Å². The second-order valence-corrected chi connectivity index (χ2v) is 6.75. The van der Waals surface area contributed by atoms with Gasteiger partial charge in [0, 0.05) is 24.6 Å². The van der Waals surface area contributed by atoms with E-state index in [0.717, 1.165) is 35.4 Å². The van der Waals surface area contributed by atoms with Crippen molar-refractivity contribution in [1.82, 2.24) is 4.90 Å². The fourth-order valence-electron chi connectivity index (χ4n) is 2.89. The lowest BCUT2D eigenvalue weighted by molar-refractivity contribution is 0.0641. The Morgan fingerprint density at radius 3 is 2.64 bits per heavy atom. The normalized spacial score (nSPS) is 18.2. The van der Waals surface area contributed by atoms with Crippen molar-refractivity contribution >= 4 is 23.0 Å². The summed E-state index contributed by atoms with van der Waals surface area (Å²) in [6.45, 7) is 3.29. The minimum atomic E-state index is -0.0830. The molecule has 2 heterocycles. The Labute approximate surface area is 134 Å². The number of rotatable bonds is 3. The lowest BCUT2D eigenvalue weighted by atomic mass is 9.89. The van der Waals surface area contributed by atoms with Crippen LogP contribution < -0.4 is 0 Å². The van der Waals surface area contributed by atoms with Gasteiger partial charge in [-0.25, -0.2) is 0 Å². The molecule has 4 heteroatoms. The molecule has 0 spiro atoms. The standard InChI is InChI=1S/C18H19NO2S/c1-13-6-8-14(9-7-13)17(20)15-4-2-10-19(12-15)18(21)16-5-3-11-22-16/h3,5-9,11,15H,2,4,10,12H2,1H3. The molecule has 1 aliphatic rings. The molecule has 0 N–H and O–H groups in total. The van der Waals surface area contributed by atoms with Gasteiger partial charge in [-0.05, 0) is 31.2 Å². The highest BCUT2D eigenvalue weighted by molar-refractivity contribution is 7.12. The van der Waals surface area contributed by atoms with Crippen LogP contribution in [0.25, 0.3) is 0 Å². The molecule has 1 amide bonds. The van der Waals surface area contributed by atoms with E-state index in [1.807, 2.05) is 53.6 Å². The van der Waals surface area contributed by atoms with Gasteiger partial charge in [-0.15, -0.1) is 11.3 Å². The topological polar surface area (TPSA) is 37.4 Å². The molecule has 1 aliphatic heterocycles. The molecule has 0 radical (unpaired) electrons. The van der Waals surface area contributed by atoms with Crippen LogP contribution in [-0.4, -0.2) is 29.7 Å². The third-order valence-corrected chi connectivity index (χ3v) is 5.01. The zero-order valence-electron chi connectivity index (χ0n) is 12.6. The molecule has 1 atom stereocenters. The highest BCUT2D eigenvalue weighted by atomic mass is 32.1. The van der Waals surface area contributed by atoms with Crippen molar-refractivity contribution in [3.8, 4) is 0 Å². The molecule has 1 unspecified atom stereocenters. The molecule has 3 rings (SSSR count). The molecule has 1 saturated heterocycles. The van der Waals surface area contributed by atoms with Crippen LogP contribution in [0.1, 0.15) is 38.4 Å². The van der Waals surface area contributed by atoms with Gasteiger partial charge in [0.05, 0.1) is 4.88 Å². The van der Waals surface area contributed by atoms with Crippen molar-refractivity contribution in [1.29, 1.82) is 0 Å². The number of likely N-dealkylation sites (tertiary alicyclic amines) is 1. The Hall–Kier alpha value is -1.94. The first-order valence-corrected chi connectivity index (χ1v) is 8.47. The Morgan fingerprint density at radius 1 is 1.18 bits per heavy atom.